The SMILES string of the molecule is Cc1ccn(-c2cc(C(C)C)nc(Cl)n2)n1. The zero-order chi connectivity index (χ0) is 11.7. The van der Waals surface area contributed by atoms with Gasteiger partial charge in [-0.2, -0.15) is 10.1 Å². The zero-order valence-electron chi connectivity index (χ0n) is 9.48. The molecule has 16 heavy (non-hydrogen) atoms. The van der Waals surface area contributed by atoms with Crippen molar-refractivity contribution in [2.24, 2.45) is 0 Å². The van der Waals surface area contributed by atoms with Crippen LogP contribution < -0.4 is 0 Å². The molecule has 0 aliphatic heterocycles. The predicted octanol–water partition coefficient (Wildman–Crippen LogP) is 2.75. The molecule has 0 saturated heterocycles. The molecule has 0 saturated carbocycles. The molecular weight excluding hydrogens is 224 g/mol. The van der Waals surface area contributed by atoms with Crippen LogP contribution >= 0.6 is 11.6 Å². The standard InChI is InChI=1S/C11H13ClN4/c1-7(2)9-6-10(14-11(12)13-9)16-5-4-8(3)15-16/h4-7H,1-3H3. The summed E-state index contributed by atoms with van der Waals surface area (Å²) in [5, 5.41) is 4.55. The topological polar surface area (TPSA) is 43.6 Å². The fraction of sp³-hybridized carbons (Fsp3) is 0.364. The molecule has 0 fully saturated rings. The first-order valence-corrected chi connectivity index (χ1v) is 5.51. The molecule has 2 aromatic rings. The van der Waals surface area contributed by atoms with Crippen molar-refractivity contribution in [3.63, 3.8) is 0 Å². The lowest BCUT2D eigenvalue weighted by molar-refractivity contribution is 0.780. The minimum absolute atomic E-state index is 0.259. The quantitative estimate of drug-likeness (QED) is 0.753. The molecule has 0 bridgehead atoms. The van der Waals surface area contributed by atoms with Gasteiger partial charge in [0.2, 0.25) is 5.28 Å². The van der Waals surface area contributed by atoms with E-state index in [1.54, 1.807) is 4.68 Å². The molecule has 2 rings (SSSR count). The first-order chi connectivity index (χ1) is 7.56. The van der Waals surface area contributed by atoms with E-state index in [2.05, 4.69) is 28.9 Å². The fourth-order valence-electron chi connectivity index (χ4n) is 1.38. The first-order valence-electron chi connectivity index (χ1n) is 5.13. The smallest absolute Gasteiger partial charge is 0.223 e. The van der Waals surface area contributed by atoms with Crippen molar-refractivity contribution < 1.29 is 0 Å². The Morgan fingerprint density at radius 2 is 2.06 bits per heavy atom. The Labute approximate surface area is 99.3 Å². The maximum atomic E-state index is 5.89. The maximum absolute atomic E-state index is 5.89. The van der Waals surface area contributed by atoms with Crippen LogP contribution in [0.15, 0.2) is 18.3 Å². The molecule has 0 spiro atoms. The minimum atomic E-state index is 0.259. The van der Waals surface area contributed by atoms with Crippen LogP contribution in [-0.2, 0) is 0 Å². The zero-order valence-corrected chi connectivity index (χ0v) is 10.2. The highest BCUT2D eigenvalue weighted by molar-refractivity contribution is 6.28. The Hall–Kier alpha value is -1.42. The van der Waals surface area contributed by atoms with Crippen molar-refractivity contribution in [2.45, 2.75) is 26.7 Å². The Kier molecular flexibility index (Phi) is 2.92. The van der Waals surface area contributed by atoms with E-state index in [0.717, 1.165) is 11.4 Å². The maximum Gasteiger partial charge on any atom is 0.224 e. The molecule has 0 aliphatic rings. The number of aryl methyl sites for hydroxylation is 1. The molecule has 2 aromatic heterocycles. The van der Waals surface area contributed by atoms with Gasteiger partial charge < -0.3 is 0 Å². The van der Waals surface area contributed by atoms with Gasteiger partial charge in [0.1, 0.15) is 0 Å². The lowest BCUT2D eigenvalue weighted by Gasteiger charge is -2.07. The molecular formula is C11H13ClN4. The minimum Gasteiger partial charge on any atom is -0.223 e. The van der Waals surface area contributed by atoms with Crippen LogP contribution in [0.25, 0.3) is 5.82 Å². The summed E-state index contributed by atoms with van der Waals surface area (Å²) in [7, 11) is 0. The summed E-state index contributed by atoms with van der Waals surface area (Å²) < 4.78 is 1.70. The molecule has 0 unspecified atom stereocenters. The van der Waals surface area contributed by atoms with E-state index in [-0.39, 0.29) is 5.28 Å². The first kappa shape index (κ1) is 11.1. The second-order valence-corrected chi connectivity index (χ2v) is 4.31. The highest BCUT2D eigenvalue weighted by Gasteiger charge is 2.08. The van der Waals surface area contributed by atoms with Crippen molar-refractivity contribution in [3.8, 4) is 5.82 Å². The Balaban J connectivity index is 2.49. The number of nitrogens with zero attached hydrogens (tertiary/aromatic N) is 4. The third-order valence-corrected chi connectivity index (χ3v) is 2.42. The number of hydrogen-bond acceptors (Lipinski definition) is 3. The van der Waals surface area contributed by atoms with Gasteiger partial charge in [-0.05, 0) is 30.5 Å². The summed E-state index contributed by atoms with van der Waals surface area (Å²) in [6.45, 7) is 6.07. The molecule has 0 radical (unpaired) electrons. The number of aromatic nitrogens is 4. The van der Waals surface area contributed by atoms with Crippen LogP contribution in [0, 0.1) is 6.92 Å². The lowest BCUT2D eigenvalue weighted by Crippen LogP contribution is -2.03. The normalized spacial score (nSPS) is 11.1. The van der Waals surface area contributed by atoms with E-state index in [4.69, 9.17) is 11.6 Å². The van der Waals surface area contributed by atoms with Crippen molar-refractivity contribution in [2.75, 3.05) is 0 Å². The molecule has 0 atom stereocenters. The van der Waals surface area contributed by atoms with Crippen LogP contribution in [-0.4, -0.2) is 19.7 Å². The van der Waals surface area contributed by atoms with Gasteiger partial charge in [0.25, 0.3) is 0 Å². The number of halogens is 1. The fourth-order valence-corrected chi connectivity index (χ4v) is 1.56. The molecule has 0 aliphatic carbocycles. The molecule has 2 heterocycles. The van der Waals surface area contributed by atoms with Gasteiger partial charge >= 0.3 is 0 Å². The highest BCUT2D eigenvalue weighted by Crippen LogP contribution is 2.16. The average Bonchev–Trinajstić information content (AvgIpc) is 2.64. The van der Waals surface area contributed by atoms with Crippen LogP contribution in [0.3, 0.4) is 0 Å². The van der Waals surface area contributed by atoms with Crippen molar-refractivity contribution >= 4 is 11.6 Å². The number of hydrogen-bond donors (Lipinski definition) is 0. The van der Waals surface area contributed by atoms with E-state index in [1.807, 2.05) is 25.3 Å². The summed E-state index contributed by atoms with van der Waals surface area (Å²) in [5.74, 6) is 1.02. The van der Waals surface area contributed by atoms with E-state index in [9.17, 15) is 0 Å². The molecule has 5 heteroatoms. The summed E-state index contributed by atoms with van der Waals surface area (Å²) in [5.41, 5.74) is 1.86. The van der Waals surface area contributed by atoms with Gasteiger partial charge in [-0.15, -0.1) is 0 Å². The van der Waals surface area contributed by atoms with Crippen molar-refractivity contribution in [1.29, 1.82) is 0 Å². The summed E-state index contributed by atoms with van der Waals surface area (Å²) in [6, 6.07) is 3.83. The molecule has 0 N–H and O–H groups in total. The van der Waals surface area contributed by atoms with Crippen LogP contribution in [0.4, 0.5) is 0 Å². The molecule has 84 valence electrons. The summed E-state index contributed by atoms with van der Waals surface area (Å²) in [4.78, 5) is 8.33. The second-order valence-electron chi connectivity index (χ2n) is 3.98. The molecule has 0 aromatic carbocycles. The summed E-state index contributed by atoms with van der Waals surface area (Å²) in [6.07, 6.45) is 1.86. The third-order valence-electron chi connectivity index (χ3n) is 2.25. The van der Waals surface area contributed by atoms with E-state index in [1.165, 1.54) is 0 Å². The average molecular weight is 237 g/mol. The van der Waals surface area contributed by atoms with Gasteiger partial charge in [0, 0.05) is 12.3 Å². The van der Waals surface area contributed by atoms with E-state index in [0.29, 0.717) is 11.7 Å². The predicted molar refractivity (Wildman–Crippen MR) is 63.0 cm³/mol. The van der Waals surface area contributed by atoms with E-state index >= 15 is 0 Å². The van der Waals surface area contributed by atoms with Gasteiger partial charge in [0.05, 0.1) is 11.4 Å². The Morgan fingerprint density at radius 1 is 1.31 bits per heavy atom. The van der Waals surface area contributed by atoms with Gasteiger partial charge in [-0.25, -0.2) is 9.67 Å². The highest BCUT2D eigenvalue weighted by atomic mass is 35.5. The summed E-state index contributed by atoms with van der Waals surface area (Å²) >= 11 is 5.89. The van der Waals surface area contributed by atoms with Crippen LogP contribution in [0.1, 0.15) is 31.2 Å². The molecule has 0 amide bonds. The largest absolute Gasteiger partial charge is 0.224 e. The van der Waals surface area contributed by atoms with Crippen LogP contribution in [0.2, 0.25) is 5.28 Å². The van der Waals surface area contributed by atoms with Gasteiger partial charge in [-0.3, -0.25) is 0 Å². The Bertz CT molecular complexity index is 504. The van der Waals surface area contributed by atoms with Gasteiger partial charge in [0.15, 0.2) is 5.82 Å². The number of rotatable bonds is 2. The van der Waals surface area contributed by atoms with E-state index < -0.39 is 0 Å². The lowest BCUT2D eigenvalue weighted by atomic mass is 10.1. The molecule has 4 nitrogen and oxygen atoms in total. The Morgan fingerprint density at radius 3 is 2.62 bits per heavy atom. The van der Waals surface area contributed by atoms with Gasteiger partial charge in [-0.1, -0.05) is 13.8 Å². The van der Waals surface area contributed by atoms with Crippen molar-refractivity contribution in [1.82, 2.24) is 19.7 Å². The second kappa shape index (κ2) is 4.22. The van der Waals surface area contributed by atoms with Crippen LogP contribution in [0.5, 0.6) is 0 Å². The van der Waals surface area contributed by atoms with Crippen molar-refractivity contribution in [3.05, 3.63) is 35.0 Å². The third kappa shape index (κ3) is 2.22. The monoisotopic (exact) mass is 236 g/mol.